The Bertz CT molecular complexity index is 1730. The minimum absolute atomic E-state index is 0.0746. The van der Waals surface area contributed by atoms with E-state index in [4.69, 9.17) is 0 Å². The molecule has 0 aromatic heterocycles. The van der Waals surface area contributed by atoms with Crippen molar-refractivity contribution in [1.29, 1.82) is 0 Å². The number of benzene rings is 4. The van der Waals surface area contributed by atoms with E-state index < -0.39 is 120 Å². The molecule has 5 rings (SSSR count). The van der Waals surface area contributed by atoms with Gasteiger partial charge >= 0.3 is 0 Å². The normalized spacial score (nSPS) is 13.8. The van der Waals surface area contributed by atoms with E-state index in [1.165, 1.54) is 45.2 Å². The van der Waals surface area contributed by atoms with Crippen LogP contribution in [0.15, 0.2) is 24.3 Å². The van der Waals surface area contributed by atoms with Gasteiger partial charge in [-0.3, -0.25) is 0 Å². The fourth-order valence-electron chi connectivity index (χ4n) is 7.63. The lowest BCUT2D eigenvalue weighted by Crippen LogP contribution is -3.15. The smallest absolute Gasteiger partial charge is 0.136 e. The monoisotopic (exact) mass is 747 g/mol. The van der Waals surface area contributed by atoms with Crippen molar-refractivity contribution in [3.8, 4) is 0 Å². The first-order valence-electron chi connectivity index (χ1n) is 17.0. The molecule has 282 valence electrons. The van der Waals surface area contributed by atoms with E-state index in [2.05, 4.69) is 13.8 Å². The summed E-state index contributed by atoms with van der Waals surface area (Å²) in [5, 5.41) is 0. The van der Waals surface area contributed by atoms with Crippen molar-refractivity contribution in [2.75, 3.05) is 13.1 Å². The third kappa shape index (κ3) is 6.94. The van der Waals surface area contributed by atoms with Gasteiger partial charge in [-0.25, -0.2) is 52.7 Å². The number of rotatable bonds is 7. The van der Waals surface area contributed by atoms with Gasteiger partial charge in [-0.1, -0.05) is 6.42 Å². The van der Waals surface area contributed by atoms with E-state index in [0.717, 1.165) is 6.04 Å². The molecule has 1 N–H and O–H groups in total. The highest BCUT2D eigenvalue weighted by Crippen LogP contribution is 2.28. The van der Waals surface area contributed by atoms with E-state index in [-0.39, 0.29) is 24.3 Å². The van der Waals surface area contributed by atoms with Crippen molar-refractivity contribution in [3.05, 3.63) is 116 Å². The van der Waals surface area contributed by atoms with Crippen LogP contribution in [0.1, 0.15) is 68.2 Å². The maximum Gasteiger partial charge on any atom is 0.136 e. The van der Waals surface area contributed by atoms with Gasteiger partial charge in [0.2, 0.25) is 0 Å². The van der Waals surface area contributed by atoms with Crippen molar-refractivity contribution in [3.63, 3.8) is 0 Å². The molecule has 14 heteroatoms. The predicted octanol–water partition coefficient (Wildman–Crippen LogP) is 7.21. The number of hydrogen-bond acceptors (Lipinski definition) is 0. The fourth-order valence-corrected chi connectivity index (χ4v) is 7.63. The molecular weight excluding hydrogens is 709 g/mol. The highest BCUT2D eigenvalue weighted by molar-refractivity contribution is 7.20. The molecule has 0 unspecified atom stereocenters. The lowest BCUT2D eigenvalue weighted by Gasteiger charge is -2.45. The molecule has 4 aromatic rings. The lowest BCUT2D eigenvalue weighted by atomic mass is 9.12. The quantitative estimate of drug-likeness (QED) is 0.151. The molecule has 1 nitrogen and oxygen atoms in total. The van der Waals surface area contributed by atoms with E-state index >= 15 is 35.1 Å². The van der Waals surface area contributed by atoms with Gasteiger partial charge in [0.05, 0.1) is 65.7 Å². The van der Waals surface area contributed by atoms with Gasteiger partial charge in [-0.15, -0.1) is 21.9 Å². The Hall–Kier alpha value is -3.94. The lowest BCUT2D eigenvalue weighted by molar-refractivity contribution is -0.923. The summed E-state index contributed by atoms with van der Waals surface area (Å²) in [7, 11) is 0. The number of nitrogens with one attached hydrogen (secondary N) is 1. The summed E-state index contributed by atoms with van der Waals surface area (Å²) >= 11 is 0. The van der Waals surface area contributed by atoms with Gasteiger partial charge in [0.15, 0.2) is 0 Å². The minimum atomic E-state index is -5.22. The van der Waals surface area contributed by atoms with Gasteiger partial charge < -0.3 is 4.90 Å². The molecule has 1 aliphatic carbocycles. The van der Waals surface area contributed by atoms with Crippen LogP contribution in [-0.4, -0.2) is 25.3 Å². The summed E-state index contributed by atoms with van der Waals surface area (Å²) in [6.45, 7) is 9.94. The first kappa shape index (κ1) is 40.8. The third-order valence-corrected chi connectivity index (χ3v) is 10.6. The summed E-state index contributed by atoms with van der Waals surface area (Å²) in [5.74, 6) is -23.4. The van der Waals surface area contributed by atoms with Crippen LogP contribution in [0.4, 0.5) is 52.7 Å². The first-order chi connectivity index (χ1) is 24.4. The Labute approximate surface area is 294 Å². The molecule has 1 aliphatic rings. The topological polar surface area (TPSA) is 4.44 Å². The molecule has 4 aromatic carbocycles. The Morgan fingerprint density at radius 3 is 0.923 bits per heavy atom. The van der Waals surface area contributed by atoms with Gasteiger partial charge in [-0.2, -0.15) is 0 Å². The summed E-state index contributed by atoms with van der Waals surface area (Å²) in [6, 6.07) is 0.700. The molecule has 1 fully saturated rings. The molecule has 0 radical (unpaired) electrons. The molecule has 1 saturated carbocycles. The van der Waals surface area contributed by atoms with Crippen LogP contribution < -0.4 is 26.8 Å². The van der Waals surface area contributed by atoms with Crippen molar-refractivity contribution in [2.24, 2.45) is 0 Å². The van der Waals surface area contributed by atoms with Crippen LogP contribution >= 0.6 is 0 Å². The second-order valence-electron chi connectivity index (χ2n) is 13.3. The van der Waals surface area contributed by atoms with E-state index in [0.29, 0.717) is 27.7 Å². The number of hydrogen-bond donors (Lipinski definition) is 1. The highest BCUT2D eigenvalue weighted by atomic mass is 19.2. The molecule has 0 amide bonds. The van der Waals surface area contributed by atoms with Gasteiger partial charge in [-0.05, 0) is 67.2 Å². The van der Waals surface area contributed by atoms with E-state index in [9.17, 15) is 17.6 Å². The zero-order valence-electron chi connectivity index (χ0n) is 29.4. The van der Waals surface area contributed by atoms with E-state index in [1.54, 1.807) is 0 Å². The van der Waals surface area contributed by atoms with Gasteiger partial charge in [0.1, 0.15) is 29.4 Å². The van der Waals surface area contributed by atoms with Crippen LogP contribution in [0.5, 0.6) is 0 Å². The average Bonchev–Trinajstić information content (AvgIpc) is 3.09. The molecule has 0 heterocycles. The number of quaternary nitrogens is 1. The maximum absolute atomic E-state index is 16.0. The zero-order chi connectivity index (χ0) is 39.0. The van der Waals surface area contributed by atoms with Crippen LogP contribution in [0.3, 0.4) is 0 Å². The van der Waals surface area contributed by atoms with Crippen molar-refractivity contribution >= 4 is 28.0 Å². The second kappa shape index (κ2) is 16.0. The Morgan fingerprint density at radius 2 is 0.692 bits per heavy atom. The largest absolute Gasteiger partial charge is 0.333 e. The molecule has 52 heavy (non-hydrogen) atoms. The highest BCUT2D eigenvalue weighted by Gasteiger charge is 2.48. The minimum Gasteiger partial charge on any atom is -0.333 e. The van der Waals surface area contributed by atoms with Crippen LogP contribution in [0, 0.1) is 97.5 Å². The number of halogens is 12. The van der Waals surface area contributed by atoms with Crippen LogP contribution in [0.25, 0.3) is 0 Å². The van der Waals surface area contributed by atoms with Gasteiger partial charge in [0.25, 0.3) is 0 Å². The molecule has 0 bridgehead atoms. The van der Waals surface area contributed by atoms with Crippen molar-refractivity contribution in [1.82, 2.24) is 0 Å². The van der Waals surface area contributed by atoms with Crippen LogP contribution in [0.2, 0.25) is 0 Å². The summed E-state index contributed by atoms with van der Waals surface area (Å²) in [5.41, 5.74) is -11.9. The van der Waals surface area contributed by atoms with E-state index in [1.807, 2.05) is 4.90 Å². The predicted molar refractivity (Wildman–Crippen MR) is 177 cm³/mol. The standard InChI is InChI=1S/C28H16BF12.C10H21N/c1-9-13(30)5-17(34)21(25(9)38)29(22-18(35)6-14(31)10(2)26(22)39,23-19(36)7-15(32)11(3)27(23)40)24-20(37)8-16(33)12(4)28(24)41;1-3-11(4-2)10-8-6-5-7-9-10/h5-8H,1-4H3;10H,3-9H2,1-2H3/q-1;/p+1. The maximum atomic E-state index is 16.0. The summed E-state index contributed by atoms with van der Waals surface area (Å²) < 4.78 is 184. The molecule has 0 saturated heterocycles. The molecule has 0 aliphatic heterocycles. The fraction of sp³-hybridized carbons (Fsp3) is 0.368. The Balaban J connectivity index is 0.000000470. The summed E-state index contributed by atoms with van der Waals surface area (Å²) in [6.07, 6.45) is 2.19. The second-order valence-corrected chi connectivity index (χ2v) is 13.3. The zero-order valence-corrected chi connectivity index (χ0v) is 29.4. The van der Waals surface area contributed by atoms with Gasteiger partial charge in [0, 0.05) is 46.5 Å². The average molecular weight is 748 g/mol. The van der Waals surface area contributed by atoms with Crippen molar-refractivity contribution < 1.29 is 57.6 Å². The van der Waals surface area contributed by atoms with Crippen LogP contribution in [-0.2, 0) is 0 Å². The Morgan fingerprint density at radius 1 is 0.442 bits per heavy atom. The molecule has 0 atom stereocenters. The molecular formula is C38H38BF12N. The first-order valence-corrected chi connectivity index (χ1v) is 17.0. The van der Waals surface area contributed by atoms with Crippen molar-refractivity contribution in [2.45, 2.75) is 79.7 Å². The molecule has 0 spiro atoms. The Kier molecular flexibility index (Phi) is 12.5. The third-order valence-electron chi connectivity index (χ3n) is 10.6. The summed E-state index contributed by atoms with van der Waals surface area (Å²) in [4.78, 5) is 1.82. The SMILES string of the molecule is CC[NH+](CC)C1CCCCC1.Cc1c(F)cc(F)c([B-](c2c(F)cc(F)c(C)c2F)(c2c(F)cc(F)c(C)c2F)c2c(F)cc(F)c(C)c2F)c1F.